The number of amides is 1. The van der Waals surface area contributed by atoms with Gasteiger partial charge in [0.05, 0.1) is 12.9 Å². The minimum absolute atomic E-state index is 0. The molecule has 34 nitrogen and oxygen atoms in total. The summed E-state index contributed by atoms with van der Waals surface area (Å²) in [5, 5.41) is 73.6. The molecule has 6 heterocycles. The Morgan fingerprint density at radius 2 is 0.680 bits per heavy atom. The maximum Gasteiger partial charge on any atom is 0 e. The van der Waals surface area contributed by atoms with Crippen LogP contribution >= 0.6 is 105 Å². The molecule has 657 valence electrons. The van der Waals surface area contributed by atoms with Crippen LogP contribution in [0.5, 0.6) is 0 Å². The second kappa shape index (κ2) is 85.6. The van der Waals surface area contributed by atoms with Crippen LogP contribution in [0.3, 0.4) is 0 Å². The minimum atomic E-state index is -0.904. The maximum atomic E-state index is 13.3. The molecule has 46 heteroatoms. The van der Waals surface area contributed by atoms with Gasteiger partial charge in [-0.05, 0) is 38.6 Å². The molecule has 0 spiro atoms. The first-order chi connectivity index (χ1) is 54.7. The molecule has 0 fully saturated rings. The Kier molecular flexibility index (Phi) is 97.6. The number of nitrogens with one attached hydrogen (secondary N) is 7. The van der Waals surface area contributed by atoms with E-state index >= 15 is 0 Å². The molecule has 10 N–H and O–H groups in total. The largest absolute Gasteiger partial charge is 0.428 e. The molecule has 1 amide bonds. The van der Waals surface area contributed by atoms with Gasteiger partial charge >= 0.3 is 56.2 Å². The molecule has 0 atom stereocenters. The van der Waals surface area contributed by atoms with Crippen molar-refractivity contribution in [3.05, 3.63) is 235 Å². The number of carbonyl (C=O) groups is 1. The van der Waals surface area contributed by atoms with Crippen LogP contribution in [0.25, 0.3) is 65.4 Å². The molecule has 0 saturated heterocycles. The zero-order valence-electron chi connectivity index (χ0n) is 66.8. The van der Waals surface area contributed by atoms with Gasteiger partial charge in [-0.15, -0.1) is 42.5 Å². The molecule has 122 heavy (non-hydrogen) atoms. The molecule has 12 rings (SSSR count). The molecule has 6 aromatic heterocycles. The summed E-state index contributed by atoms with van der Waals surface area (Å²) in [6.45, 7) is 28.4. The van der Waals surface area contributed by atoms with E-state index in [1.807, 2.05) is 39.7 Å². The van der Waals surface area contributed by atoms with Gasteiger partial charge in [-0.2, -0.15) is 42.2 Å². The van der Waals surface area contributed by atoms with Gasteiger partial charge in [0.2, 0.25) is 11.7 Å². The number of nitro groups is 4. The van der Waals surface area contributed by atoms with Crippen LogP contribution in [0.4, 0.5) is 73.4 Å². The number of hydrogen-bond donors (Lipinski definition) is 9. The Morgan fingerprint density at radius 1 is 0.459 bits per heavy atom. The predicted molar refractivity (Wildman–Crippen MR) is 515 cm³/mol. The number of non-ortho nitro benzene ring substituents is 3. The van der Waals surface area contributed by atoms with Crippen LogP contribution in [-0.2, 0) is 168 Å². The fourth-order valence-corrected chi connectivity index (χ4v) is 7.95. The van der Waals surface area contributed by atoms with Crippen LogP contribution in [0.1, 0.15) is 75.7 Å². The summed E-state index contributed by atoms with van der Waals surface area (Å²) < 4.78 is 14.5. The molecular weight excluding hydrogens is 2630 g/mol. The van der Waals surface area contributed by atoms with Crippen LogP contribution in [0.2, 0.25) is 0 Å². The van der Waals surface area contributed by atoms with Crippen LogP contribution in [-0.4, -0.2) is 147 Å². The average molecular weight is 2730 g/mol. The van der Waals surface area contributed by atoms with Crippen molar-refractivity contribution in [2.75, 3.05) is 99.2 Å². The van der Waals surface area contributed by atoms with Crippen LogP contribution < -0.4 is 56.2 Å². The van der Waals surface area contributed by atoms with E-state index in [0.29, 0.717) is 97.3 Å². The quantitative estimate of drug-likeness (QED) is 0.0104. The number of nitrogens with two attached hydrogens (primary N) is 1. The molecule has 0 saturated carbocycles. The van der Waals surface area contributed by atoms with E-state index < -0.39 is 31.2 Å². The van der Waals surface area contributed by atoms with Gasteiger partial charge in [-0.1, -0.05) is 206 Å². The third kappa shape index (κ3) is 52.9. The number of alkyl halides is 3. The summed E-state index contributed by atoms with van der Waals surface area (Å²) >= 11 is 12.0. The number of fused-ring (bicyclic) bond motifs is 6. The van der Waals surface area contributed by atoms with Crippen molar-refractivity contribution in [2.45, 2.75) is 75.7 Å². The van der Waals surface area contributed by atoms with Gasteiger partial charge in [0.25, 0.3) is 0 Å². The van der Waals surface area contributed by atoms with Gasteiger partial charge in [0.1, 0.15) is 72.9 Å². The molecule has 5 radical (unpaired) electrons. The van der Waals surface area contributed by atoms with E-state index in [-0.39, 0.29) is 215 Å². The van der Waals surface area contributed by atoms with Gasteiger partial charge in [0.15, 0.2) is 17.1 Å². The normalized spacial score (nSPS) is 8.71. The number of hydrogen-bond acceptors (Lipinski definition) is 29. The predicted octanol–water partition coefficient (Wildman–Crippen LogP) is 16.8. The van der Waals surface area contributed by atoms with Crippen molar-refractivity contribution in [3.8, 4) is 0 Å². The van der Waals surface area contributed by atoms with E-state index in [0.717, 1.165) is 65.4 Å². The summed E-state index contributed by atoms with van der Waals surface area (Å²) in [5.41, 5.74) is 9.72. The minimum Gasteiger partial charge on any atom is -0.428 e. The van der Waals surface area contributed by atoms with Crippen LogP contribution in [0.15, 0.2) is 123 Å². The summed E-state index contributed by atoms with van der Waals surface area (Å²) in [5.74, 6) is 2.44. The molecule has 0 unspecified atom stereocenters. The maximum absolute atomic E-state index is 13.3. The molecular formula is C76H98FI6N24O10Y5-11. The Bertz CT molecular complexity index is 4650. The first-order valence-corrected chi connectivity index (χ1v) is 50.6. The van der Waals surface area contributed by atoms with E-state index in [9.17, 15) is 49.6 Å². The monoisotopic (exact) mass is 2730 g/mol. The Labute approximate surface area is 911 Å². The summed E-state index contributed by atoms with van der Waals surface area (Å²) in [7, 11) is 10.3. The Morgan fingerprint density at radius 3 is 0.918 bits per heavy atom. The number of nitro benzene ring substituents is 4. The van der Waals surface area contributed by atoms with Crippen LogP contribution in [0, 0.1) is 111 Å². The van der Waals surface area contributed by atoms with E-state index in [4.69, 9.17) is 10.8 Å². The number of anilines is 8. The van der Waals surface area contributed by atoms with Crippen molar-refractivity contribution in [3.63, 3.8) is 0 Å². The topological polar surface area (TPSA) is 475 Å². The summed E-state index contributed by atoms with van der Waals surface area (Å²) in [6, 6.07) is 31.3. The van der Waals surface area contributed by atoms with Gasteiger partial charge in [0, 0.05) is 238 Å². The number of halogens is 7. The molecule has 12 aromatic rings. The number of rotatable bonds is 12. The second-order valence-corrected chi connectivity index (χ2v) is 40.6. The van der Waals surface area contributed by atoms with E-state index in [1.54, 1.807) is 59.5 Å². The van der Waals surface area contributed by atoms with Crippen molar-refractivity contribution >= 4 is 245 Å². The third-order valence-electron chi connectivity index (χ3n) is 12.2. The van der Waals surface area contributed by atoms with Crippen molar-refractivity contribution in [1.82, 2.24) is 59.8 Å². The number of aliphatic hydroxyl groups excluding tert-OH is 1. The Balaban J connectivity index is -0.000000145. The number of benzene rings is 6. The second-order valence-electron chi connectivity index (χ2n) is 19.9. The first kappa shape index (κ1) is 139. The Hall–Kier alpha value is -3.44. The summed E-state index contributed by atoms with van der Waals surface area (Å²) in [4.78, 5) is 101. The van der Waals surface area contributed by atoms with Gasteiger partial charge < -0.3 is 108 Å². The molecule has 0 bridgehead atoms. The molecule has 6 aromatic carbocycles. The third-order valence-corrected chi connectivity index (χ3v) is 12.2. The molecule has 0 aliphatic heterocycles. The van der Waals surface area contributed by atoms with Gasteiger partial charge in [-0.25, -0.2) is 34.9 Å². The van der Waals surface area contributed by atoms with Crippen molar-refractivity contribution in [2.24, 2.45) is 0 Å². The smallest absolute Gasteiger partial charge is 0 e. The molecule has 0 aliphatic rings. The summed E-state index contributed by atoms with van der Waals surface area (Å²) in [6.07, 6.45) is 13.6. The fourth-order valence-electron chi connectivity index (χ4n) is 7.95. The zero-order valence-corrected chi connectivity index (χ0v) is 94.0. The van der Waals surface area contributed by atoms with E-state index in [1.165, 1.54) is 82.9 Å². The van der Waals surface area contributed by atoms with Gasteiger partial charge in [-0.3, -0.25) is 45.3 Å². The van der Waals surface area contributed by atoms with Crippen molar-refractivity contribution < 1.29 is 211 Å². The number of aromatic nitrogens is 12. The average Bonchev–Trinajstić information content (AvgIpc) is 0.811. The number of nitrogen functional groups attached to an aromatic ring is 1. The number of aliphatic hydroxyl groups is 1. The van der Waals surface area contributed by atoms with Crippen molar-refractivity contribution in [1.29, 1.82) is 0 Å². The van der Waals surface area contributed by atoms with E-state index in [2.05, 4.69) is 274 Å². The SMILES string of the molecule is C.C.C.C=CC(=O)Nc1[c-]cc2ncnc(NC)c2c1.CI.CNc1ncnc2c[c-]c(N)cc12.CNc1ncnc2c[c-]c([N+](=O)[O-])cc12.CNc1ncnc2c[c-]c([N+](=O)[O-])cc12.CNc1ncnc2c[c-]c([N+](=O)[O-])cc12.CNc1ncnc2cc(F)c([N+](=O)[O-])cc12.ICI.I[I-]I.[CH2-]CC.[CH2-]CC.[CH2-]CC.[CH2-]CC.[CH2-]CO.[Y].[Y].[Y].[Y].[Y]. The zero-order chi connectivity index (χ0) is 86.7. The number of carbonyl (C=O) groups excluding carboxylic acids is 1. The molecule has 0 aliphatic carbocycles. The number of nitrogens with zero attached hydrogens (tertiary/aromatic N) is 16. The standard InChI is InChI=1S/C12H11N4O.C9H7FN4O2.3C9H7N4O2.C9H9N4.4C3H7.C2H5O.CH2I2.CH3I.3CH4.I3.5Y/c1-3-11(17)16-8-4-5-10-9(6-8)12(13-2)15-7-14-10;1-11-9-5-2-8(14(15)16)6(10)3-7(5)12-4-13-9;3*1-10-9-7-4-6(13(14)15)2-3-8(7)11-5-12-9;1-11-9-7-4-6(10)2-3-8(7)12-5-13-9;4*1-3-2;1-2-3;2-1-3;1-2;;;;1-3-2;;;;;/h3,5-7H,1H2,2H3,(H,16,17)(H,13,14,15);2-4H,1H3,(H,11,12,13);3*3-5H,1H3,(H,10,11,12);3-5H,10H2,1H3,(H,11,12,13);4*1,3H2,2H3;3H,1-2H2;1H2;1H3;3*1H4;;;;;;/q-1;;9*-1;;;;;;-1;;;;;. The first-order valence-electron chi connectivity index (χ1n) is 32.8. The fraction of sp³-hybridized carbons (Fsp3) is 0.263.